The minimum absolute atomic E-state index is 0.0235. The number of carbonyl (C=O) groups excluding carboxylic acids is 2. The van der Waals surface area contributed by atoms with Crippen LogP contribution >= 0.6 is 34.3 Å². The number of carbonyl (C=O) groups is 2. The topological polar surface area (TPSA) is 93.7 Å². The number of benzene rings is 2. The molecule has 0 bridgehead atoms. The van der Waals surface area contributed by atoms with E-state index in [1.54, 1.807) is 17.0 Å². The van der Waals surface area contributed by atoms with E-state index in [9.17, 15) is 9.59 Å². The highest BCUT2D eigenvalue weighted by Gasteiger charge is 2.19. The minimum Gasteiger partial charge on any atom is -0.491 e. The number of thiazole rings is 2. The van der Waals surface area contributed by atoms with Crippen molar-refractivity contribution in [1.29, 1.82) is 0 Å². The molecule has 4 aromatic rings. The maximum atomic E-state index is 13.0. The van der Waals surface area contributed by atoms with Gasteiger partial charge in [-0.2, -0.15) is 0 Å². The molecule has 198 valence electrons. The van der Waals surface area contributed by atoms with Crippen molar-refractivity contribution in [2.45, 2.75) is 19.3 Å². The summed E-state index contributed by atoms with van der Waals surface area (Å²) in [4.78, 5) is 36.3. The lowest BCUT2D eigenvalue weighted by Gasteiger charge is -2.26. The number of rotatable bonds is 10. The van der Waals surface area contributed by atoms with Gasteiger partial charge in [0.1, 0.15) is 18.1 Å². The molecule has 0 radical (unpaired) electrons. The molecule has 2 aromatic carbocycles. The van der Waals surface area contributed by atoms with Crippen LogP contribution in [0.4, 0.5) is 5.13 Å². The molecule has 3 heterocycles. The monoisotopic (exact) mass is 570 g/mol. The van der Waals surface area contributed by atoms with E-state index in [2.05, 4.69) is 20.2 Å². The summed E-state index contributed by atoms with van der Waals surface area (Å²) in [7, 11) is 0. The number of nitrogens with zero attached hydrogens (tertiary/aromatic N) is 3. The Morgan fingerprint density at radius 1 is 1.21 bits per heavy atom. The fourth-order valence-corrected chi connectivity index (χ4v) is 5.87. The number of aromatic nitrogens is 2. The van der Waals surface area contributed by atoms with Gasteiger partial charge in [0.25, 0.3) is 0 Å². The number of nitrogens with one attached hydrogen (secondary N) is 1. The number of hydrogen-bond donors (Lipinski definition) is 1. The first-order chi connectivity index (χ1) is 18.5. The Morgan fingerprint density at radius 3 is 2.82 bits per heavy atom. The molecule has 2 aromatic heterocycles. The molecule has 1 amide bonds. The average Bonchev–Trinajstić information content (AvgIpc) is 3.60. The predicted molar refractivity (Wildman–Crippen MR) is 151 cm³/mol. The number of amides is 1. The first kappa shape index (κ1) is 26.7. The van der Waals surface area contributed by atoms with Crippen LogP contribution in [0.1, 0.15) is 34.5 Å². The Hall–Kier alpha value is -2.89. The highest BCUT2D eigenvalue weighted by molar-refractivity contribution is 7.22. The van der Waals surface area contributed by atoms with Crippen LogP contribution in [0, 0.1) is 0 Å². The number of halogens is 1. The van der Waals surface area contributed by atoms with Gasteiger partial charge >= 0.3 is 0 Å². The quantitative estimate of drug-likeness (QED) is 0.259. The van der Waals surface area contributed by atoms with Crippen LogP contribution in [0.2, 0.25) is 5.02 Å². The van der Waals surface area contributed by atoms with Crippen molar-refractivity contribution < 1.29 is 19.1 Å². The third kappa shape index (κ3) is 6.57. The second kappa shape index (κ2) is 12.3. The van der Waals surface area contributed by atoms with Crippen molar-refractivity contribution in [2.24, 2.45) is 0 Å². The van der Waals surface area contributed by atoms with Crippen molar-refractivity contribution in [1.82, 2.24) is 14.9 Å². The highest BCUT2D eigenvalue weighted by Crippen LogP contribution is 2.31. The van der Waals surface area contributed by atoms with Crippen LogP contribution < -0.4 is 10.1 Å². The number of hydrogen-bond acceptors (Lipinski definition) is 9. The molecule has 1 unspecified atom stereocenters. The van der Waals surface area contributed by atoms with Crippen LogP contribution in [-0.4, -0.2) is 66.0 Å². The molecular weight excluding hydrogens is 544 g/mol. The van der Waals surface area contributed by atoms with Gasteiger partial charge in [0, 0.05) is 31.4 Å². The van der Waals surface area contributed by atoms with E-state index in [1.807, 2.05) is 37.3 Å². The lowest BCUT2D eigenvalue weighted by Crippen LogP contribution is -2.38. The highest BCUT2D eigenvalue weighted by atomic mass is 35.5. The summed E-state index contributed by atoms with van der Waals surface area (Å²) < 4.78 is 12.1. The van der Waals surface area contributed by atoms with E-state index in [4.69, 9.17) is 21.1 Å². The Kier molecular flexibility index (Phi) is 8.65. The number of ketones is 1. The molecule has 0 aliphatic carbocycles. The molecule has 0 saturated carbocycles. The van der Waals surface area contributed by atoms with Gasteiger partial charge in [-0.05, 0) is 42.3 Å². The second-order valence-corrected chi connectivity index (χ2v) is 11.2. The molecule has 1 aliphatic rings. The van der Waals surface area contributed by atoms with Crippen LogP contribution in [0.5, 0.6) is 5.75 Å². The van der Waals surface area contributed by atoms with Gasteiger partial charge in [0.05, 0.1) is 39.9 Å². The third-order valence-corrected chi connectivity index (χ3v) is 8.20. The zero-order valence-electron chi connectivity index (χ0n) is 20.8. The Bertz CT molecular complexity index is 1420. The van der Waals surface area contributed by atoms with Crippen molar-refractivity contribution in [3.63, 3.8) is 0 Å². The first-order valence-corrected chi connectivity index (χ1v) is 14.4. The summed E-state index contributed by atoms with van der Waals surface area (Å²) in [6.45, 7) is 6.50. The van der Waals surface area contributed by atoms with Crippen molar-refractivity contribution in [3.05, 3.63) is 69.1 Å². The molecule has 8 nitrogen and oxygen atoms in total. The van der Waals surface area contributed by atoms with Gasteiger partial charge in [0.15, 0.2) is 10.9 Å². The van der Waals surface area contributed by atoms with Gasteiger partial charge < -0.3 is 14.8 Å². The molecule has 0 spiro atoms. The van der Waals surface area contributed by atoms with Gasteiger partial charge in [0.2, 0.25) is 5.91 Å². The lowest BCUT2D eigenvalue weighted by molar-refractivity contribution is -0.117. The van der Waals surface area contributed by atoms with Crippen molar-refractivity contribution in [3.8, 4) is 5.75 Å². The third-order valence-electron chi connectivity index (χ3n) is 6.38. The Morgan fingerprint density at radius 2 is 2.05 bits per heavy atom. The number of fused-ring (bicyclic) bond motifs is 1. The zero-order chi connectivity index (χ0) is 26.5. The van der Waals surface area contributed by atoms with Gasteiger partial charge in [-0.25, -0.2) is 9.97 Å². The summed E-state index contributed by atoms with van der Waals surface area (Å²) in [5.41, 5.74) is 4.57. The summed E-state index contributed by atoms with van der Waals surface area (Å²) in [6, 6.07) is 11.1. The van der Waals surface area contributed by atoms with E-state index < -0.39 is 5.92 Å². The zero-order valence-corrected chi connectivity index (χ0v) is 23.2. The average molecular weight is 571 g/mol. The second-order valence-electron chi connectivity index (χ2n) is 9.00. The maximum absolute atomic E-state index is 13.0. The molecule has 5 rings (SSSR count). The van der Waals surface area contributed by atoms with Crippen LogP contribution in [-0.2, 0) is 16.0 Å². The molecule has 38 heavy (non-hydrogen) atoms. The van der Waals surface area contributed by atoms with Crippen molar-refractivity contribution in [2.75, 3.05) is 44.8 Å². The lowest BCUT2D eigenvalue weighted by atomic mass is 10.0. The van der Waals surface area contributed by atoms with Crippen LogP contribution in [0.15, 0.2) is 47.3 Å². The largest absolute Gasteiger partial charge is 0.491 e. The van der Waals surface area contributed by atoms with E-state index in [0.29, 0.717) is 28.2 Å². The van der Waals surface area contributed by atoms with E-state index in [0.717, 1.165) is 54.2 Å². The van der Waals surface area contributed by atoms with E-state index in [1.165, 1.54) is 22.7 Å². The smallest absolute Gasteiger partial charge is 0.233 e. The summed E-state index contributed by atoms with van der Waals surface area (Å²) in [6.07, 6.45) is 0.268. The van der Waals surface area contributed by atoms with Crippen molar-refractivity contribution >= 4 is 61.3 Å². The number of ether oxygens (including phenoxy) is 2. The Balaban J connectivity index is 1.18. The molecule has 1 atom stereocenters. The predicted octanol–water partition coefficient (Wildman–Crippen LogP) is 5.28. The fourth-order valence-electron chi connectivity index (χ4n) is 4.14. The van der Waals surface area contributed by atoms with Gasteiger partial charge in [-0.1, -0.05) is 35.1 Å². The molecule has 1 aliphatic heterocycles. The van der Waals surface area contributed by atoms with E-state index in [-0.39, 0.29) is 18.1 Å². The number of Topliss-reactive ketones (excluding diaryl/α,β-unsaturated/α-hetero) is 1. The number of anilines is 1. The Labute approximate surface area is 233 Å². The molecule has 1 fully saturated rings. The van der Waals surface area contributed by atoms with Crippen LogP contribution in [0.25, 0.3) is 10.2 Å². The molecule has 1 saturated heterocycles. The van der Waals surface area contributed by atoms with E-state index >= 15 is 0 Å². The minimum atomic E-state index is -0.437. The number of morpholine rings is 1. The van der Waals surface area contributed by atoms with Gasteiger partial charge in [-0.15, -0.1) is 11.3 Å². The van der Waals surface area contributed by atoms with Gasteiger partial charge in [-0.3, -0.25) is 14.5 Å². The maximum Gasteiger partial charge on any atom is 0.233 e. The molecule has 1 N–H and O–H groups in total. The summed E-state index contributed by atoms with van der Waals surface area (Å²) >= 11 is 9.25. The molecule has 11 heteroatoms. The normalized spacial score (nSPS) is 14.9. The summed E-state index contributed by atoms with van der Waals surface area (Å²) in [5.74, 6) is -0.0376. The molecular formula is C27H27ClN4O4S2. The van der Waals surface area contributed by atoms with Crippen LogP contribution in [0.3, 0.4) is 0 Å². The standard InChI is InChI=1S/C27H27ClN4O4S2/c1-17(19-3-5-24(20(28)14-19)36-11-8-32-6-9-35-10-7-32)26(34)31-27-30-21-4-2-18(13-25(21)38-27)12-23(33)22-15-37-16-29-22/h2-5,13-17H,6-12H2,1H3,(H,30,31,34). The fraction of sp³-hybridized carbons (Fsp3) is 0.333. The first-order valence-electron chi connectivity index (χ1n) is 12.3. The SMILES string of the molecule is CC(C(=O)Nc1nc2ccc(CC(=O)c3cscn3)cc2s1)c1ccc(OCCN2CCOCC2)c(Cl)c1. The summed E-state index contributed by atoms with van der Waals surface area (Å²) in [5, 5.41) is 5.66.